The minimum atomic E-state index is -1.95. The van der Waals surface area contributed by atoms with Gasteiger partial charge >= 0.3 is 0 Å². The number of carbonyl (C=O) groups is 2. The number of carbonyl (C=O) groups excluding carboxylic acids is 2. The SMILES string of the molecule is O=C1S(=O)C(=O)C23CC45CC12CC4(C3)c1ccccc1-c1ccccc15. The van der Waals surface area contributed by atoms with Gasteiger partial charge in [-0.05, 0) is 47.9 Å². The molecule has 4 bridgehead atoms. The van der Waals surface area contributed by atoms with Crippen LogP contribution < -0.4 is 0 Å². The second-order valence-electron chi connectivity index (χ2n) is 8.97. The Hall–Kier alpha value is -2.07. The lowest BCUT2D eigenvalue weighted by Gasteiger charge is -2.47. The molecule has 4 saturated carbocycles. The van der Waals surface area contributed by atoms with E-state index in [-0.39, 0.29) is 21.1 Å². The molecule has 6 aliphatic rings. The van der Waals surface area contributed by atoms with Crippen molar-refractivity contribution in [3.63, 3.8) is 0 Å². The van der Waals surface area contributed by atoms with Crippen LogP contribution in [-0.2, 0) is 31.2 Å². The van der Waals surface area contributed by atoms with Crippen molar-refractivity contribution in [2.45, 2.75) is 36.5 Å². The molecule has 128 valence electrons. The van der Waals surface area contributed by atoms with Crippen LogP contribution in [0.3, 0.4) is 0 Å². The van der Waals surface area contributed by atoms with Crippen molar-refractivity contribution in [2.75, 3.05) is 0 Å². The van der Waals surface area contributed by atoms with Gasteiger partial charge in [-0.25, -0.2) is 4.21 Å². The Morgan fingerprint density at radius 2 is 1.00 bits per heavy atom. The Kier molecular flexibility index (Phi) is 1.97. The molecule has 0 aromatic heterocycles. The number of fused-ring (bicyclic) bond motifs is 3. The van der Waals surface area contributed by atoms with E-state index >= 15 is 0 Å². The highest BCUT2D eigenvalue weighted by atomic mass is 32.2. The third-order valence-electron chi connectivity index (χ3n) is 8.54. The van der Waals surface area contributed by atoms with Gasteiger partial charge in [0.1, 0.15) is 0 Å². The molecule has 5 aliphatic carbocycles. The first-order valence-corrected chi connectivity index (χ1v) is 10.4. The van der Waals surface area contributed by atoms with E-state index < -0.39 is 21.6 Å². The Morgan fingerprint density at radius 3 is 1.42 bits per heavy atom. The lowest BCUT2D eigenvalue weighted by Crippen LogP contribution is -2.43. The highest BCUT2D eigenvalue weighted by molar-refractivity contribution is 8.14. The lowest BCUT2D eigenvalue weighted by molar-refractivity contribution is -0.129. The van der Waals surface area contributed by atoms with Crippen LogP contribution in [0.1, 0.15) is 36.8 Å². The molecule has 0 amide bonds. The van der Waals surface area contributed by atoms with E-state index in [9.17, 15) is 13.8 Å². The van der Waals surface area contributed by atoms with Crippen LogP contribution >= 0.6 is 0 Å². The minimum absolute atomic E-state index is 0.159. The van der Waals surface area contributed by atoms with Crippen molar-refractivity contribution in [2.24, 2.45) is 10.8 Å². The predicted octanol–water partition coefficient (Wildman–Crippen LogP) is 3.23. The maximum Gasteiger partial charge on any atom is 0.233 e. The Bertz CT molecular complexity index is 1030. The fourth-order valence-electron chi connectivity index (χ4n) is 7.95. The second-order valence-corrected chi connectivity index (χ2v) is 10.2. The summed E-state index contributed by atoms with van der Waals surface area (Å²) < 4.78 is 12.4. The summed E-state index contributed by atoms with van der Waals surface area (Å²) in [5.41, 5.74) is 3.38. The molecule has 2 aromatic carbocycles. The van der Waals surface area contributed by atoms with Gasteiger partial charge in [-0.2, -0.15) is 0 Å². The maximum atomic E-state index is 13.0. The molecular weight excluding hydrogens is 344 g/mol. The van der Waals surface area contributed by atoms with Crippen LogP contribution in [0.25, 0.3) is 11.1 Å². The minimum Gasteiger partial charge on any atom is -0.283 e. The maximum absolute atomic E-state index is 13.0. The molecule has 1 aliphatic heterocycles. The molecule has 1 heterocycles. The van der Waals surface area contributed by atoms with Crippen LogP contribution in [-0.4, -0.2) is 14.4 Å². The number of benzene rings is 2. The summed E-state index contributed by atoms with van der Waals surface area (Å²) >= 11 is 0. The summed E-state index contributed by atoms with van der Waals surface area (Å²) in [5, 5.41) is -0.554. The van der Waals surface area contributed by atoms with Gasteiger partial charge in [0.25, 0.3) is 0 Å². The van der Waals surface area contributed by atoms with E-state index in [4.69, 9.17) is 0 Å². The highest BCUT2D eigenvalue weighted by Gasteiger charge is 2.92. The molecule has 1 saturated heterocycles. The van der Waals surface area contributed by atoms with Crippen LogP contribution in [0.5, 0.6) is 0 Å². The summed E-state index contributed by atoms with van der Waals surface area (Å²) in [6.07, 6.45) is 2.78. The molecule has 8 rings (SSSR count). The fourth-order valence-corrected chi connectivity index (χ4v) is 9.51. The van der Waals surface area contributed by atoms with Gasteiger partial charge in [0.2, 0.25) is 10.2 Å². The van der Waals surface area contributed by atoms with E-state index in [1.807, 2.05) is 0 Å². The molecule has 4 heteroatoms. The zero-order valence-corrected chi connectivity index (χ0v) is 14.9. The highest BCUT2D eigenvalue weighted by Crippen LogP contribution is 2.90. The fraction of sp³-hybridized carbons (Fsp3) is 0.364. The quantitative estimate of drug-likeness (QED) is 0.725. The Morgan fingerprint density at radius 1 is 0.615 bits per heavy atom. The average molecular weight is 360 g/mol. The molecule has 2 aromatic rings. The van der Waals surface area contributed by atoms with Crippen molar-refractivity contribution in [3.8, 4) is 11.1 Å². The first kappa shape index (κ1) is 14.0. The molecule has 0 radical (unpaired) electrons. The monoisotopic (exact) mass is 360 g/mol. The molecule has 4 spiro atoms. The van der Waals surface area contributed by atoms with Crippen LogP contribution in [0.2, 0.25) is 0 Å². The largest absolute Gasteiger partial charge is 0.283 e. The molecule has 5 fully saturated rings. The molecule has 26 heavy (non-hydrogen) atoms. The van der Waals surface area contributed by atoms with Gasteiger partial charge in [-0.15, -0.1) is 0 Å². The zero-order valence-electron chi connectivity index (χ0n) is 14.1. The summed E-state index contributed by atoms with van der Waals surface area (Å²) in [5.74, 6) is 0. The number of hydrogen-bond donors (Lipinski definition) is 0. The molecule has 0 unspecified atom stereocenters. The Balaban J connectivity index is 1.65. The summed E-state index contributed by atoms with van der Waals surface area (Å²) in [6.45, 7) is 0. The number of rotatable bonds is 0. The molecular formula is C22H16O3S. The van der Waals surface area contributed by atoms with Gasteiger partial charge in [0.15, 0.2) is 10.8 Å². The first-order chi connectivity index (χ1) is 12.5. The summed E-state index contributed by atoms with van der Waals surface area (Å²) in [4.78, 5) is 26.1. The van der Waals surface area contributed by atoms with Crippen molar-refractivity contribution < 1.29 is 13.8 Å². The van der Waals surface area contributed by atoms with Gasteiger partial charge in [0, 0.05) is 10.8 Å². The smallest absolute Gasteiger partial charge is 0.233 e. The van der Waals surface area contributed by atoms with Crippen molar-refractivity contribution in [1.82, 2.24) is 0 Å². The zero-order chi connectivity index (χ0) is 17.5. The van der Waals surface area contributed by atoms with E-state index in [2.05, 4.69) is 48.5 Å². The van der Waals surface area contributed by atoms with Crippen LogP contribution in [0.15, 0.2) is 48.5 Å². The third-order valence-corrected chi connectivity index (χ3v) is 10.00. The van der Waals surface area contributed by atoms with Crippen LogP contribution in [0.4, 0.5) is 0 Å². The first-order valence-electron chi connectivity index (χ1n) is 9.22. The van der Waals surface area contributed by atoms with Gasteiger partial charge in [-0.3, -0.25) is 9.59 Å². The van der Waals surface area contributed by atoms with E-state index in [0.29, 0.717) is 25.7 Å². The second kappa shape index (κ2) is 3.65. The normalized spacial score (nSPS) is 45.6. The summed E-state index contributed by atoms with van der Waals surface area (Å²) in [7, 11) is -1.95. The van der Waals surface area contributed by atoms with E-state index in [1.54, 1.807) is 0 Å². The van der Waals surface area contributed by atoms with Crippen LogP contribution in [0, 0.1) is 10.8 Å². The van der Waals surface area contributed by atoms with Gasteiger partial charge in [0.05, 0.1) is 10.8 Å². The van der Waals surface area contributed by atoms with Gasteiger partial charge < -0.3 is 0 Å². The standard InChI is InChI=1S/C22H16O3S/c23-17-21-9-19-10-22(21,18(24)26(17)25)12-20(19,11-21)16-8-4-2-6-14(16)13-5-1-3-7-15(13)19/h1-8H,9-12H2. The van der Waals surface area contributed by atoms with E-state index in [0.717, 1.165) is 0 Å². The average Bonchev–Trinajstić information content (AvgIpc) is 3.36. The molecule has 3 nitrogen and oxygen atoms in total. The Labute approximate surface area is 153 Å². The topological polar surface area (TPSA) is 51.2 Å². The molecule has 0 atom stereocenters. The molecule has 0 N–H and O–H groups in total. The van der Waals surface area contributed by atoms with Crippen molar-refractivity contribution in [1.29, 1.82) is 0 Å². The third kappa shape index (κ3) is 1.00. The number of hydrogen-bond acceptors (Lipinski definition) is 3. The lowest BCUT2D eigenvalue weighted by atomic mass is 9.55. The summed E-state index contributed by atoms with van der Waals surface area (Å²) in [6, 6.07) is 17.0. The van der Waals surface area contributed by atoms with Gasteiger partial charge in [-0.1, -0.05) is 48.5 Å². The predicted molar refractivity (Wildman–Crippen MR) is 96.7 cm³/mol. The van der Waals surface area contributed by atoms with Crippen molar-refractivity contribution >= 4 is 21.0 Å². The van der Waals surface area contributed by atoms with E-state index in [1.165, 1.54) is 22.3 Å². The van der Waals surface area contributed by atoms with Crippen molar-refractivity contribution in [3.05, 3.63) is 59.7 Å².